The first-order chi connectivity index (χ1) is 15.1. The van der Waals surface area contributed by atoms with Gasteiger partial charge in [0.2, 0.25) is 5.13 Å². The summed E-state index contributed by atoms with van der Waals surface area (Å²) in [5.74, 6) is 0.961. The molecular formula is C22H25N7OS. The zero-order valence-electron chi connectivity index (χ0n) is 17.7. The average molecular weight is 436 g/mol. The van der Waals surface area contributed by atoms with Crippen LogP contribution in [0, 0.1) is 5.92 Å². The molecule has 0 radical (unpaired) electrons. The third kappa shape index (κ3) is 4.56. The van der Waals surface area contributed by atoms with Crippen LogP contribution >= 0.6 is 11.3 Å². The molecule has 0 saturated heterocycles. The minimum atomic E-state index is -0.346. The molecule has 0 spiro atoms. The van der Waals surface area contributed by atoms with E-state index < -0.39 is 0 Å². The Labute approximate surface area is 184 Å². The number of aromatic nitrogens is 5. The van der Waals surface area contributed by atoms with Crippen molar-refractivity contribution in [3.63, 3.8) is 0 Å². The zero-order chi connectivity index (χ0) is 21.8. The number of nitrogens with zero attached hydrogens (tertiary/aromatic N) is 5. The van der Waals surface area contributed by atoms with Crippen molar-refractivity contribution in [2.24, 2.45) is 5.92 Å². The van der Waals surface area contributed by atoms with E-state index in [1.807, 2.05) is 60.8 Å². The maximum atomic E-state index is 12.7. The van der Waals surface area contributed by atoms with Crippen LogP contribution in [0.1, 0.15) is 55.5 Å². The van der Waals surface area contributed by atoms with Crippen LogP contribution in [0.15, 0.2) is 54.7 Å². The second-order valence-electron chi connectivity index (χ2n) is 7.62. The maximum Gasteiger partial charge on any atom is 0.321 e. The molecule has 0 fully saturated rings. The van der Waals surface area contributed by atoms with E-state index in [1.165, 1.54) is 16.9 Å². The molecular weight excluding hydrogens is 410 g/mol. The highest BCUT2D eigenvalue weighted by molar-refractivity contribution is 7.15. The van der Waals surface area contributed by atoms with Gasteiger partial charge in [-0.25, -0.2) is 4.79 Å². The number of carbonyl (C=O) groups is 1. The van der Waals surface area contributed by atoms with Crippen molar-refractivity contribution in [2.75, 3.05) is 5.32 Å². The summed E-state index contributed by atoms with van der Waals surface area (Å²) >= 11 is 1.40. The second kappa shape index (κ2) is 9.22. The van der Waals surface area contributed by atoms with Gasteiger partial charge < -0.3 is 5.32 Å². The minimum absolute atomic E-state index is 0.117. The number of hydrogen-bond donors (Lipinski definition) is 2. The largest absolute Gasteiger partial charge is 0.328 e. The monoisotopic (exact) mass is 435 g/mol. The number of pyridine rings is 1. The van der Waals surface area contributed by atoms with Crippen LogP contribution in [0.2, 0.25) is 0 Å². The van der Waals surface area contributed by atoms with Gasteiger partial charge in [-0.3, -0.25) is 9.72 Å². The molecule has 8 nitrogen and oxygen atoms in total. The molecule has 0 aliphatic rings. The predicted molar refractivity (Wildman–Crippen MR) is 121 cm³/mol. The first-order valence-corrected chi connectivity index (χ1v) is 11.1. The van der Waals surface area contributed by atoms with E-state index in [1.54, 1.807) is 0 Å². The summed E-state index contributed by atoms with van der Waals surface area (Å²) in [5, 5.41) is 24.2. The molecule has 9 heteroatoms. The van der Waals surface area contributed by atoms with E-state index in [0.717, 1.165) is 17.1 Å². The predicted octanol–water partition coefficient (Wildman–Crippen LogP) is 4.64. The number of benzene rings is 1. The van der Waals surface area contributed by atoms with E-state index in [-0.39, 0.29) is 23.9 Å². The summed E-state index contributed by atoms with van der Waals surface area (Å²) in [7, 11) is 0. The molecule has 3 heterocycles. The molecule has 4 aromatic rings. The molecule has 1 aromatic carbocycles. The SMILES string of the molecule is CCC(c1ccccc1)c1nnc(NC(=O)NC(c2nnc3ccccn23)C(C)C)s1. The molecule has 0 aliphatic heterocycles. The Balaban J connectivity index is 1.48. The summed E-state index contributed by atoms with van der Waals surface area (Å²) in [4.78, 5) is 12.7. The molecule has 160 valence electrons. The Morgan fingerprint density at radius 3 is 2.55 bits per heavy atom. The molecule has 0 bridgehead atoms. The third-order valence-electron chi connectivity index (χ3n) is 5.14. The van der Waals surface area contributed by atoms with Gasteiger partial charge in [0.1, 0.15) is 5.01 Å². The van der Waals surface area contributed by atoms with Crippen LogP contribution in [-0.4, -0.2) is 30.8 Å². The second-order valence-corrected chi connectivity index (χ2v) is 8.63. The van der Waals surface area contributed by atoms with Crippen molar-refractivity contribution in [2.45, 2.75) is 39.2 Å². The fraction of sp³-hybridized carbons (Fsp3) is 0.318. The smallest absolute Gasteiger partial charge is 0.321 e. The third-order valence-corrected chi connectivity index (χ3v) is 6.09. The van der Waals surface area contributed by atoms with Crippen LogP contribution in [0.5, 0.6) is 0 Å². The highest BCUT2D eigenvalue weighted by Crippen LogP contribution is 2.31. The van der Waals surface area contributed by atoms with Crippen LogP contribution in [-0.2, 0) is 0 Å². The van der Waals surface area contributed by atoms with Gasteiger partial charge in [-0.05, 0) is 30.0 Å². The van der Waals surface area contributed by atoms with Crippen molar-refractivity contribution >= 4 is 28.1 Å². The number of urea groups is 1. The normalized spacial score (nSPS) is 13.3. The summed E-state index contributed by atoms with van der Waals surface area (Å²) in [6.45, 7) is 6.18. The molecule has 2 amide bonds. The topological polar surface area (TPSA) is 97.1 Å². The van der Waals surface area contributed by atoms with Crippen molar-refractivity contribution < 1.29 is 4.79 Å². The average Bonchev–Trinajstić information content (AvgIpc) is 3.40. The number of rotatable bonds is 7. The molecule has 4 rings (SSSR count). The number of amides is 2. The van der Waals surface area contributed by atoms with Gasteiger partial charge in [-0.1, -0.05) is 68.5 Å². The molecule has 0 saturated carbocycles. The number of hydrogen-bond acceptors (Lipinski definition) is 6. The highest BCUT2D eigenvalue weighted by Gasteiger charge is 2.24. The highest BCUT2D eigenvalue weighted by atomic mass is 32.1. The summed E-state index contributed by atoms with van der Waals surface area (Å²) in [6, 6.07) is 15.3. The number of anilines is 1. The van der Waals surface area contributed by atoms with Gasteiger partial charge in [-0.15, -0.1) is 20.4 Å². The van der Waals surface area contributed by atoms with Crippen molar-refractivity contribution in [3.05, 3.63) is 71.1 Å². The molecule has 0 aliphatic carbocycles. The van der Waals surface area contributed by atoms with Gasteiger partial charge in [0.25, 0.3) is 0 Å². The number of carbonyl (C=O) groups excluding carboxylic acids is 1. The van der Waals surface area contributed by atoms with Crippen LogP contribution in [0.25, 0.3) is 5.65 Å². The van der Waals surface area contributed by atoms with Gasteiger partial charge in [0, 0.05) is 12.1 Å². The number of nitrogens with one attached hydrogen (secondary N) is 2. The summed E-state index contributed by atoms with van der Waals surface area (Å²) in [6.07, 6.45) is 2.80. The van der Waals surface area contributed by atoms with Crippen molar-refractivity contribution in [3.8, 4) is 0 Å². The van der Waals surface area contributed by atoms with Crippen molar-refractivity contribution in [1.82, 2.24) is 30.1 Å². The standard InChI is InChI=1S/C22H25N7OS/c1-4-16(15-10-6-5-7-11-15)20-27-28-22(31-20)24-21(30)23-18(14(2)3)19-26-25-17-12-8-9-13-29(17)19/h5-14,16,18H,4H2,1-3H3,(H2,23,24,28,30). The summed E-state index contributed by atoms with van der Waals surface area (Å²) in [5.41, 5.74) is 1.93. The fourth-order valence-corrected chi connectivity index (χ4v) is 4.49. The zero-order valence-corrected chi connectivity index (χ0v) is 18.5. The van der Waals surface area contributed by atoms with E-state index in [9.17, 15) is 4.79 Å². The number of fused-ring (bicyclic) bond motifs is 1. The van der Waals surface area contributed by atoms with E-state index in [0.29, 0.717) is 11.0 Å². The van der Waals surface area contributed by atoms with E-state index in [4.69, 9.17) is 0 Å². The Bertz CT molecular complexity index is 1150. The maximum absolute atomic E-state index is 12.7. The minimum Gasteiger partial charge on any atom is -0.328 e. The molecule has 2 unspecified atom stereocenters. The van der Waals surface area contributed by atoms with Crippen molar-refractivity contribution in [1.29, 1.82) is 0 Å². The van der Waals surface area contributed by atoms with E-state index in [2.05, 4.69) is 50.1 Å². The molecule has 3 aromatic heterocycles. The van der Waals surface area contributed by atoms with Gasteiger partial charge in [0.05, 0.1) is 6.04 Å². The Morgan fingerprint density at radius 2 is 1.81 bits per heavy atom. The molecule has 2 N–H and O–H groups in total. The van der Waals surface area contributed by atoms with Gasteiger partial charge in [0.15, 0.2) is 11.5 Å². The molecule has 2 atom stereocenters. The quantitative estimate of drug-likeness (QED) is 0.441. The van der Waals surface area contributed by atoms with Crippen LogP contribution in [0.3, 0.4) is 0 Å². The Kier molecular flexibility index (Phi) is 6.22. The van der Waals surface area contributed by atoms with Crippen LogP contribution in [0.4, 0.5) is 9.93 Å². The Hall–Kier alpha value is -3.33. The van der Waals surface area contributed by atoms with Gasteiger partial charge >= 0.3 is 6.03 Å². The lowest BCUT2D eigenvalue weighted by Crippen LogP contribution is -2.36. The van der Waals surface area contributed by atoms with Crippen LogP contribution < -0.4 is 10.6 Å². The first kappa shape index (κ1) is 20.9. The summed E-state index contributed by atoms with van der Waals surface area (Å²) < 4.78 is 1.89. The lowest BCUT2D eigenvalue weighted by Gasteiger charge is -2.20. The first-order valence-electron chi connectivity index (χ1n) is 10.3. The van der Waals surface area contributed by atoms with Gasteiger partial charge in [-0.2, -0.15) is 0 Å². The fourth-order valence-electron chi connectivity index (χ4n) is 3.54. The molecule has 31 heavy (non-hydrogen) atoms. The lowest BCUT2D eigenvalue weighted by atomic mass is 9.97. The lowest BCUT2D eigenvalue weighted by molar-refractivity contribution is 0.243. The Morgan fingerprint density at radius 1 is 1.03 bits per heavy atom. The van der Waals surface area contributed by atoms with E-state index >= 15 is 0 Å².